The van der Waals surface area contributed by atoms with Crippen molar-refractivity contribution < 1.29 is 56.7 Å². The Morgan fingerprint density at radius 2 is 0.778 bits per heavy atom. The van der Waals surface area contributed by atoms with Crippen LogP contribution in [0, 0.1) is 0 Å². The van der Waals surface area contributed by atoms with Gasteiger partial charge in [0, 0.05) is 68.4 Å². The van der Waals surface area contributed by atoms with Crippen LogP contribution in [0.15, 0.2) is 97.1 Å². The second-order valence-corrected chi connectivity index (χ2v) is 13.0. The molecule has 15 nitrogen and oxygen atoms in total. The van der Waals surface area contributed by atoms with Crippen molar-refractivity contribution in [2.45, 2.75) is 12.8 Å². The molecule has 0 radical (unpaired) electrons. The molecule has 7 aromatic rings. The first-order valence-electron chi connectivity index (χ1n) is 15.9. The van der Waals surface area contributed by atoms with Gasteiger partial charge in [-0.25, -0.2) is 38.3 Å². The minimum atomic E-state index is -4.92. The van der Waals surface area contributed by atoms with Crippen LogP contribution >= 0.6 is 11.8 Å². The number of hydrogen-bond donors (Lipinski definition) is 3. The summed E-state index contributed by atoms with van der Waals surface area (Å²) in [7, 11) is -4.92. The number of nitrogens with one attached hydrogen (secondary N) is 2. The van der Waals surface area contributed by atoms with Gasteiger partial charge in [-0.05, 0) is 0 Å². The molecule has 18 heteroatoms. The molecule has 262 valence electrons. The molecule has 10 rings (SSSR count). The van der Waals surface area contributed by atoms with Gasteiger partial charge in [0.2, 0.25) is 22.2 Å². The molecule has 3 aliphatic rings. The number of benzene rings is 4. The molecule has 1 fully saturated rings. The number of carbonyl (C=O) groups excluding carboxylic acids is 2. The Kier molecular flexibility index (Phi) is 10.1. The predicted octanol–water partition coefficient (Wildman–Crippen LogP) is 3.17. The van der Waals surface area contributed by atoms with Gasteiger partial charge in [0.25, 0.3) is 0 Å². The third-order valence-corrected chi connectivity index (χ3v) is 8.83. The SMILES string of the molecule is O=C1CCC(=O)N1Cl.O=S(=O)([O-])O.[Na+].c1ccc2c(c1)-c1nc-2nc2[nH]c(nc3nc(nc4[nH]c(n1)c1ccccc41)-c1ccccc1-3)c1ccccc21. The van der Waals surface area contributed by atoms with E-state index in [1.807, 2.05) is 97.1 Å². The Labute approximate surface area is 332 Å². The van der Waals surface area contributed by atoms with Crippen molar-refractivity contribution in [1.29, 1.82) is 0 Å². The van der Waals surface area contributed by atoms with Crippen molar-refractivity contribution in [3.8, 4) is 45.6 Å². The predicted molar refractivity (Wildman–Crippen MR) is 195 cm³/mol. The molecule has 4 aromatic carbocycles. The van der Waals surface area contributed by atoms with E-state index in [9.17, 15) is 9.59 Å². The number of halogens is 1. The van der Waals surface area contributed by atoms with E-state index in [0.717, 1.165) is 43.8 Å². The van der Waals surface area contributed by atoms with E-state index in [0.29, 0.717) is 50.3 Å². The van der Waals surface area contributed by atoms with Crippen LogP contribution in [-0.2, 0) is 20.0 Å². The quantitative estimate of drug-likeness (QED) is 0.0666. The van der Waals surface area contributed by atoms with E-state index in [1.165, 1.54) is 0 Å². The van der Waals surface area contributed by atoms with Crippen LogP contribution < -0.4 is 29.6 Å². The third-order valence-electron chi connectivity index (χ3n) is 8.45. The van der Waals surface area contributed by atoms with Crippen molar-refractivity contribution in [2.24, 2.45) is 0 Å². The summed E-state index contributed by atoms with van der Waals surface area (Å²) in [4.78, 5) is 57.5. The molecule has 0 spiro atoms. The maximum Gasteiger partial charge on any atom is 1.00 e. The largest absolute Gasteiger partial charge is 1.00 e. The first-order valence-corrected chi connectivity index (χ1v) is 17.6. The molecule has 8 bridgehead atoms. The molecule has 3 N–H and O–H groups in total. The number of imide groups is 1. The molecule has 0 saturated carbocycles. The molecule has 54 heavy (non-hydrogen) atoms. The average molecular weight is 768 g/mol. The zero-order valence-corrected chi connectivity index (χ0v) is 31.6. The number of aromatic nitrogens is 8. The summed E-state index contributed by atoms with van der Waals surface area (Å²) >= 11 is 5.15. The van der Waals surface area contributed by atoms with Gasteiger partial charge in [-0.1, -0.05) is 97.1 Å². The van der Waals surface area contributed by atoms with Gasteiger partial charge in [-0.15, -0.1) is 0 Å². The Morgan fingerprint density at radius 1 is 0.537 bits per heavy atom. The summed E-state index contributed by atoms with van der Waals surface area (Å²) in [6, 6.07) is 32.2. The van der Waals surface area contributed by atoms with Gasteiger partial charge in [0.1, 0.15) is 22.6 Å². The molecule has 1 saturated heterocycles. The Morgan fingerprint density at radius 3 is 1.00 bits per heavy atom. The van der Waals surface area contributed by atoms with E-state index in [2.05, 4.69) is 9.97 Å². The van der Waals surface area contributed by atoms with Crippen molar-refractivity contribution in [2.75, 3.05) is 0 Å². The smallest absolute Gasteiger partial charge is 0.726 e. The van der Waals surface area contributed by atoms with Crippen LogP contribution in [0.2, 0.25) is 0 Å². The summed E-state index contributed by atoms with van der Waals surface area (Å²) < 4.78 is 33.5. The fourth-order valence-corrected chi connectivity index (χ4v) is 6.31. The summed E-state index contributed by atoms with van der Waals surface area (Å²) in [5.41, 5.74) is 6.45. The summed E-state index contributed by atoms with van der Waals surface area (Å²) in [6.45, 7) is 0. The fourth-order valence-electron chi connectivity index (χ4n) is 6.14. The molecular weight excluding hydrogens is 745 g/mol. The summed E-state index contributed by atoms with van der Waals surface area (Å²) in [5, 5.41) is 3.82. The number of fused-ring (bicyclic) bond motifs is 20. The third kappa shape index (κ3) is 7.23. The minimum Gasteiger partial charge on any atom is -0.726 e. The van der Waals surface area contributed by atoms with Crippen LogP contribution in [0.5, 0.6) is 0 Å². The van der Waals surface area contributed by atoms with Crippen molar-refractivity contribution in [1.82, 2.24) is 44.3 Å². The van der Waals surface area contributed by atoms with E-state index >= 15 is 0 Å². The Hall–Kier alpha value is -5.46. The van der Waals surface area contributed by atoms with Gasteiger partial charge in [0.05, 0.1) is 0 Å². The minimum absolute atomic E-state index is 0. The Bertz CT molecular complexity index is 2590. The molecule has 0 atom stereocenters. The van der Waals surface area contributed by atoms with E-state index in [-0.39, 0.29) is 54.2 Å². The van der Waals surface area contributed by atoms with Crippen LogP contribution in [0.25, 0.3) is 89.7 Å². The molecular formula is C36H23ClN9NaO6S. The van der Waals surface area contributed by atoms with Gasteiger partial charge in [-0.2, -0.15) is 4.42 Å². The maximum absolute atomic E-state index is 10.4. The van der Waals surface area contributed by atoms with Crippen molar-refractivity contribution in [3.05, 3.63) is 97.1 Å². The zero-order valence-electron chi connectivity index (χ0n) is 28.1. The molecule has 3 aliphatic heterocycles. The standard InChI is InChI=1S/C32H18N8.C4H4ClNO2.Na.H2O4S/c1-2-10-18-17(9-1)25-33-26(18)38-28-21-13-5-6-14-22(21)30(35-28)40-32-24-16-8-7-15-23(24)31(36-32)39-29-20-12-4-3-11-19(20)27(34-29)37-25;5-6-3(7)1-2-4(6)8;;1-5(2,3)4/h1-16H,(H2,33,34,35,36,37,38,39,40);1-2H2;;(H2,1,2,3,4)/q;;+1;/p-1. The number of H-pyrrole nitrogens is 2. The molecule has 0 aliphatic carbocycles. The van der Waals surface area contributed by atoms with Gasteiger partial charge in [-0.3, -0.25) is 14.1 Å². The van der Waals surface area contributed by atoms with Crippen molar-refractivity contribution in [3.63, 3.8) is 0 Å². The van der Waals surface area contributed by atoms with Crippen molar-refractivity contribution >= 4 is 78.1 Å². The number of hydrogen-bond acceptors (Lipinski definition) is 11. The first kappa shape index (κ1) is 36.9. The first-order chi connectivity index (χ1) is 25.5. The second-order valence-electron chi connectivity index (χ2n) is 11.8. The normalized spacial score (nSPS) is 13.0. The zero-order chi connectivity index (χ0) is 36.9. The van der Waals surface area contributed by atoms with Crippen LogP contribution in [0.3, 0.4) is 0 Å². The van der Waals surface area contributed by atoms with Gasteiger partial charge >= 0.3 is 29.6 Å². The summed E-state index contributed by atoms with van der Waals surface area (Å²) in [6.07, 6.45) is 0.532. The summed E-state index contributed by atoms with van der Waals surface area (Å²) in [5.74, 6) is 1.80. The second kappa shape index (κ2) is 14.8. The number of amides is 2. The van der Waals surface area contributed by atoms with Crippen LogP contribution in [-0.4, -0.2) is 73.6 Å². The Balaban J connectivity index is 0.000000276. The topological polar surface area (TPSA) is 224 Å². The molecule has 3 aromatic heterocycles. The number of aromatic amines is 2. The van der Waals surface area contributed by atoms with Crippen LogP contribution in [0.4, 0.5) is 0 Å². The number of rotatable bonds is 0. The van der Waals surface area contributed by atoms with E-state index in [1.54, 1.807) is 0 Å². The van der Waals surface area contributed by atoms with Gasteiger partial charge in [0.15, 0.2) is 23.3 Å². The monoisotopic (exact) mass is 767 g/mol. The maximum atomic E-state index is 10.4. The van der Waals surface area contributed by atoms with Gasteiger partial charge < -0.3 is 14.5 Å². The van der Waals surface area contributed by atoms with E-state index in [4.69, 9.17) is 59.2 Å². The average Bonchev–Trinajstić information content (AvgIpc) is 3.94. The molecule has 6 heterocycles. The number of nitrogens with zero attached hydrogens (tertiary/aromatic N) is 7. The molecule has 0 unspecified atom stereocenters. The van der Waals surface area contributed by atoms with Crippen LogP contribution in [0.1, 0.15) is 12.8 Å². The van der Waals surface area contributed by atoms with E-state index < -0.39 is 10.4 Å². The molecule has 2 amide bonds. The fraction of sp³-hybridized carbons (Fsp3) is 0.0556. The number of carbonyl (C=O) groups is 2.